The van der Waals surface area contributed by atoms with E-state index >= 15 is 0 Å². The molecule has 2 heterocycles. The van der Waals surface area contributed by atoms with Crippen molar-refractivity contribution in [2.24, 2.45) is 0 Å². The average molecular weight is 686 g/mol. The molecular weight excluding hydrogens is 654 g/mol. The number of hydrogen-bond acceptors (Lipinski definition) is 8. The van der Waals surface area contributed by atoms with Crippen LogP contribution < -0.4 is 9.47 Å². The number of hydrogen-bond donors (Lipinski definition) is 0. The number of nitrogens with zero attached hydrogens (tertiary/aromatic N) is 2. The van der Waals surface area contributed by atoms with Gasteiger partial charge in [0.15, 0.2) is 0 Å². The van der Waals surface area contributed by atoms with Gasteiger partial charge in [0.1, 0.15) is 24.7 Å². The van der Waals surface area contributed by atoms with Gasteiger partial charge >= 0.3 is 35.3 Å². The second kappa shape index (κ2) is 21.5. The van der Waals surface area contributed by atoms with E-state index in [4.69, 9.17) is 47.3 Å². The van der Waals surface area contributed by atoms with Gasteiger partial charge in [-0.15, -0.1) is 0 Å². The first-order chi connectivity index (χ1) is 16.2. The number of pyridine rings is 2. The van der Waals surface area contributed by atoms with Gasteiger partial charge < -0.3 is 28.4 Å². The maximum absolute atomic E-state index is 5.73. The first-order valence-electron chi connectivity index (χ1n) is 10.6. The van der Waals surface area contributed by atoms with E-state index in [0.29, 0.717) is 89.0 Å². The van der Waals surface area contributed by atoms with Crippen molar-refractivity contribution in [1.82, 2.24) is 9.97 Å². The fraction of sp³-hybridized carbons (Fsp3) is 0.545. The van der Waals surface area contributed by atoms with Crippen molar-refractivity contribution >= 4 is 18.8 Å². The fourth-order valence-corrected chi connectivity index (χ4v) is 2.45. The summed E-state index contributed by atoms with van der Waals surface area (Å²) in [5.74, 6) is 1.42. The number of ether oxygens (including phenoxy) is 6. The summed E-state index contributed by atoms with van der Waals surface area (Å²) in [5.41, 5.74) is 1.42. The molecule has 0 unspecified atom stereocenters. The number of halogens is 2. The van der Waals surface area contributed by atoms with Gasteiger partial charge in [0.05, 0.1) is 51.0 Å². The van der Waals surface area contributed by atoms with Crippen LogP contribution in [0.5, 0.6) is 11.5 Å². The molecule has 0 aliphatic rings. The quantitative estimate of drug-likeness (QED) is 0.227. The van der Waals surface area contributed by atoms with Gasteiger partial charge in [-0.1, -0.05) is 0 Å². The van der Waals surface area contributed by atoms with E-state index in [1.54, 1.807) is 12.4 Å². The molecule has 0 atom stereocenters. The Morgan fingerprint density at radius 2 is 1.00 bits per heavy atom. The molecule has 11 heteroatoms. The fourth-order valence-electron chi connectivity index (χ4n) is 2.45. The standard InChI is InChI=1S/C22H32N2O6.2ClH.Pt/c1-3-25-9-11-27-13-15-29-19-5-7-23-21(17-19)22-18-20(6-8-24-22)30-16-14-28-12-10-26-4-2;;;/h5-8,17-18H,3-4,9-16H2,1-2H3;2*1H;/q;;;+2/p-2. The van der Waals surface area contributed by atoms with Crippen molar-refractivity contribution in [2.75, 3.05) is 66.1 Å². The second-order valence-corrected chi connectivity index (χ2v) is 9.40. The molecule has 0 radical (unpaired) electrons. The SMILES string of the molecule is CCOCCOCCOc1ccnc(-c2cc(OCCOCCOCC)ccn2)c1.[Cl][Pt][Cl]. The van der Waals surface area contributed by atoms with Gasteiger partial charge in [-0.3, -0.25) is 9.97 Å². The van der Waals surface area contributed by atoms with E-state index in [1.807, 2.05) is 38.1 Å². The summed E-state index contributed by atoms with van der Waals surface area (Å²) in [6.45, 7) is 9.54. The molecule has 0 N–H and O–H groups in total. The Balaban J connectivity index is 0.00000172. The Kier molecular flexibility index (Phi) is 19.6. The van der Waals surface area contributed by atoms with Crippen LogP contribution in [-0.2, 0) is 35.4 Å². The number of rotatable bonds is 17. The molecule has 0 fully saturated rings. The molecule has 2 aromatic heterocycles. The van der Waals surface area contributed by atoms with E-state index < -0.39 is 16.5 Å². The first-order valence-corrected chi connectivity index (χ1v) is 16.2. The van der Waals surface area contributed by atoms with Crippen LogP contribution >= 0.6 is 18.8 Å². The van der Waals surface area contributed by atoms with Gasteiger partial charge in [0.25, 0.3) is 0 Å². The van der Waals surface area contributed by atoms with Crippen molar-refractivity contribution in [2.45, 2.75) is 13.8 Å². The molecule has 0 aliphatic heterocycles. The van der Waals surface area contributed by atoms with Crippen molar-refractivity contribution < 1.29 is 44.9 Å². The zero-order valence-corrected chi connectivity index (χ0v) is 22.7. The van der Waals surface area contributed by atoms with E-state index in [-0.39, 0.29) is 0 Å². The molecule has 0 amide bonds. The Labute approximate surface area is 212 Å². The Bertz CT molecular complexity index is 673. The molecule has 190 valence electrons. The van der Waals surface area contributed by atoms with Gasteiger partial charge in [0.2, 0.25) is 0 Å². The summed E-state index contributed by atoms with van der Waals surface area (Å²) in [6.07, 6.45) is 3.39. The molecule has 0 aliphatic carbocycles. The molecule has 0 spiro atoms. The van der Waals surface area contributed by atoms with Crippen LogP contribution in [0.25, 0.3) is 11.4 Å². The third kappa shape index (κ3) is 15.5. The van der Waals surface area contributed by atoms with E-state index in [1.165, 1.54) is 0 Å². The predicted octanol–water partition coefficient (Wildman–Crippen LogP) is 4.38. The summed E-state index contributed by atoms with van der Waals surface area (Å²) >= 11 is -0.472. The van der Waals surface area contributed by atoms with Crippen LogP contribution in [0, 0.1) is 0 Å². The first kappa shape index (κ1) is 30.0. The molecule has 0 saturated carbocycles. The second-order valence-electron chi connectivity index (χ2n) is 6.11. The van der Waals surface area contributed by atoms with Crippen molar-refractivity contribution in [3.05, 3.63) is 36.7 Å². The van der Waals surface area contributed by atoms with Crippen molar-refractivity contribution in [3.63, 3.8) is 0 Å². The summed E-state index contributed by atoms with van der Waals surface area (Å²) in [6, 6.07) is 7.32. The Morgan fingerprint density at radius 1 is 0.636 bits per heavy atom. The van der Waals surface area contributed by atoms with Gasteiger partial charge in [-0.25, -0.2) is 0 Å². The van der Waals surface area contributed by atoms with Crippen LogP contribution in [0.3, 0.4) is 0 Å². The summed E-state index contributed by atoms with van der Waals surface area (Å²) in [5, 5.41) is 0. The van der Waals surface area contributed by atoms with Crippen LogP contribution in [0.1, 0.15) is 13.8 Å². The molecule has 0 aromatic carbocycles. The molecule has 8 nitrogen and oxygen atoms in total. The minimum absolute atomic E-state index is 0.454. The summed E-state index contributed by atoms with van der Waals surface area (Å²) in [7, 11) is 9.75. The van der Waals surface area contributed by atoms with Crippen LogP contribution in [0.4, 0.5) is 0 Å². The number of aromatic nitrogens is 2. The molecule has 0 saturated heterocycles. The molecule has 0 bridgehead atoms. The van der Waals surface area contributed by atoms with E-state index in [2.05, 4.69) is 9.97 Å². The third-order valence-electron chi connectivity index (χ3n) is 3.87. The monoisotopic (exact) mass is 685 g/mol. The Morgan fingerprint density at radius 3 is 1.39 bits per heavy atom. The van der Waals surface area contributed by atoms with E-state index in [9.17, 15) is 0 Å². The normalized spacial score (nSPS) is 10.5. The molecule has 2 aromatic rings. The zero-order chi connectivity index (χ0) is 24.0. The van der Waals surface area contributed by atoms with Crippen molar-refractivity contribution in [1.29, 1.82) is 0 Å². The summed E-state index contributed by atoms with van der Waals surface area (Å²) in [4.78, 5) is 8.77. The molecular formula is C22H32Cl2N2O6Pt. The summed E-state index contributed by atoms with van der Waals surface area (Å²) < 4.78 is 32.8. The van der Waals surface area contributed by atoms with Crippen LogP contribution in [0.2, 0.25) is 0 Å². The zero-order valence-electron chi connectivity index (χ0n) is 19.0. The van der Waals surface area contributed by atoms with Gasteiger partial charge in [-0.05, 0) is 26.0 Å². The topological polar surface area (TPSA) is 81.2 Å². The van der Waals surface area contributed by atoms with Gasteiger partial charge in [-0.2, -0.15) is 0 Å². The van der Waals surface area contributed by atoms with Crippen molar-refractivity contribution in [3.8, 4) is 22.9 Å². The predicted molar refractivity (Wildman–Crippen MR) is 125 cm³/mol. The van der Waals surface area contributed by atoms with Crippen LogP contribution in [-0.4, -0.2) is 76.0 Å². The molecule has 2 rings (SSSR count). The van der Waals surface area contributed by atoms with E-state index in [0.717, 1.165) is 0 Å². The van der Waals surface area contributed by atoms with Crippen LogP contribution in [0.15, 0.2) is 36.7 Å². The Hall–Kier alpha value is -0.992. The third-order valence-corrected chi connectivity index (χ3v) is 3.87. The average Bonchev–Trinajstić information content (AvgIpc) is 2.84. The molecule has 33 heavy (non-hydrogen) atoms. The maximum atomic E-state index is 5.73. The van der Waals surface area contributed by atoms with Gasteiger partial charge in [0, 0.05) is 37.7 Å². The minimum atomic E-state index is -0.472.